The van der Waals surface area contributed by atoms with Gasteiger partial charge in [0, 0.05) is 32.0 Å². The molecule has 0 bridgehead atoms. The van der Waals surface area contributed by atoms with E-state index in [2.05, 4.69) is 5.32 Å². The van der Waals surface area contributed by atoms with Crippen LogP contribution in [-0.2, 0) is 9.59 Å². The molecule has 2 aliphatic heterocycles. The fourth-order valence-corrected chi connectivity index (χ4v) is 2.54. The molecule has 4 heteroatoms. The molecule has 2 amide bonds. The van der Waals surface area contributed by atoms with Gasteiger partial charge in [-0.15, -0.1) is 0 Å². The Morgan fingerprint density at radius 3 is 2.50 bits per heavy atom. The first kappa shape index (κ1) is 11.4. The van der Waals surface area contributed by atoms with Gasteiger partial charge < -0.3 is 10.2 Å². The Labute approximate surface area is 96.4 Å². The lowest BCUT2D eigenvalue weighted by atomic mass is 9.96. The predicted octanol–water partition coefficient (Wildman–Crippen LogP) is 0.915. The van der Waals surface area contributed by atoms with Crippen molar-refractivity contribution in [2.24, 2.45) is 5.92 Å². The van der Waals surface area contributed by atoms with Gasteiger partial charge in [0.1, 0.15) is 0 Å². The molecule has 90 valence electrons. The fraction of sp³-hybridized carbons (Fsp3) is 0.833. The van der Waals surface area contributed by atoms with Crippen LogP contribution in [0.5, 0.6) is 0 Å². The van der Waals surface area contributed by atoms with Crippen molar-refractivity contribution in [1.29, 1.82) is 0 Å². The molecule has 0 spiro atoms. The van der Waals surface area contributed by atoms with E-state index in [0.29, 0.717) is 13.0 Å². The minimum Gasteiger partial charge on any atom is -0.356 e. The van der Waals surface area contributed by atoms with E-state index < -0.39 is 0 Å². The number of likely N-dealkylation sites (tertiary alicyclic amines) is 1. The lowest BCUT2D eigenvalue weighted by Gasteiger charge is -2.28. The Kier molecular flexibility index (Phi) is 3.80. The van der Waals surface area contributed by atoms with E-state index in [9.17, 15) is 9.59 Å². The molecule has 0 aromatic heterocycles. The topological polar surface area (TPSA) is 49.4 Å². The number of nitrogens with one attached hydrogen (secondary N) is 1. The Morgan fingerprint density at radius 2 is 1.88 bits per heavy atom. The Morgan fingerprint density at radius 1 is 1.19 bits per heavy atom. The number of carbonyl (C=O) groups excluding carboxylic acids is 2. The number of nitrogens with zero attached hydrogens (tertiary/aromatic N) is 1. The molecule has 2 aliphatic rings. The van der Waals surface area contributed by atoms with Gasteiger partial charge in [0.15, 0.2) is 0 Å². The normalized spacial score (nSPS) is 27.1. The van der Waals surface area contributed by atoms with Crippen LogP contribution in [0, 0.1) is 5.92 Å². The molecule has 4 nitrogen and oxygen atoms in total. The van der Waals surface area contributed by atoms with E-state index in [1.165, 1.54) is 12.8 Å². The van der Waals surface area contributed by atoms with Gasteiger partial charge in [-0.05, 0) is 19.3 Å². The predicted molar refractivity (Wildman–Crippen MR) is 60.8 cm³/mol. The Bertz CT molecular complexity index is 270. The summed E-state index contributed by atoms with van der Waals surface area (Å²) in [6, 6.07) is 0. The maximum Gasteiger partial charge on any atom is 0.226 e. The molecule has 1 atom stereocenters. The molecule has 1 N–H and O–H groups in total. The second-order valence-corrected chi connectivity index (χ2v) is 4.78. The van der Waals surface area contributed by atoms with E-state index in [4.69, 9.17) is 0 Å². The molecule has 0 saturated carbocycles. The Hall–Kier alpha value is -1.06. The second-order valence-electron chi connectivity index (χ2n) is 4.78. The van der Waals surface area contributed by atoms with Crippen LogP contribution >= 0.6 is 0 Å². The van der Waals surface area contributed by atoms with Crippen molar-refractivity contribution in [3.05, 3.63) is 0 Å². The molecule has 0 aromatic rings. The number of rotatable bonds is 1. The van der Waals surface area contributed by atoms with Crippen LogP contribution in [0.2, 0.25) is 0 Å². The maximum atomic E-state index is 12.2. The first-order chi connectivity index (χ1) is 7.77. The monoisotopic (exact) mass is 224 g/mol. The molecule has 0 aliphatic carbocycles. The van der Waals surface area contributed by atoms with Crippen LogP contribution in [0.1, 0.15) is 38.5 Å². The summed E-state index contributed by atoms with van der Waals surface area (Å²) in [5.41, 5.74) is 0. The molecule has 2 saturated heterocycles. The first-order valence-electron chi connectivity index (χ1n) is 6.33. The zero-order valence-corrected chi connectivity index (χ0v) is 9.71. The van der Waals surface area contributed by atoms with Gasteiger partial charge in [0.2, 0.25) is 11.8 Å². The van der Waals surface area contributed by atoms with Crippen LogP contribution in [0.3, 0.4) is 0 Å². The standard InChI is InChI=1S/C12H20N2O2/c15-11-9-10(5-6-13-11)12(16)14-7-3-1-2-4-8-14/h10H,1-9H2,(H,13,15). The summed E-state index contributed by atoms with van der Waals surface area (Å²) in [5.74, 6) is 0.169. The van der Waals surface area contributed by atoms with E-state index >= 15 is 0 Å². The molecule has 16 heavy (non-hydrogen) atoms. The van der Waals surface area contributed by atoms with Gasteiger partial charge in [-0.3, -0.25) is 9.59 Å². The minimum atomic E-state index is -0.0631. The summed E-state index contributed by atoms with van der Waals surface area (Å²) in [6.07, 6.45) is 5.88. The average molecular weight is 224 g/mol. The molecular weight excluding hydrogens is 204 g/mol. The van der Waals surface area contributed by atoms with Gasteiger partial charge in [0.05, 0.1) is 0 Å². The van der Waals surface area contributed by atoms with Gasteiger partial charge in [0.25, 0.3) is 0 Å². The highest BCUT2D eigenvalue weighted by Gasteiger charge is 2.29. The van der Waals surface area contributed by atoms with Gasteiger partial charge in [-0.25, -0.2) is 0 Å². The van der Waals surface area contributed by atoms with Crippen LogP contribution < -0.4 is 5.32 Å². The number of hydrogen-bond acceptors (Lipinski definition) is 2. The van der Waals surface area contributed by atoms with Crippen LogP contribution in [0.25, 0.3) is 0 Å². The zero-order chi connectivity index (χ0) is 11.4. The molecule has 2 heterocycles. The molecule has 2 rings (SSSR count). The highest BCUT2D eigenvalue weighted by molar-refractivity contribution is 5.86. The highest BCUT2D eigenvalue weighted by atomic mass is 16.2. The summed E-state index contributed by atoms with van der Waals surface area (Å²) >= 11 is 0. The minimum absolute atomic E-state index is 0.0272. The summed E-state index contributed by atoms with van der Waals surface area (Å²) in [5, 5.41) is 2.77. The van der Waals surface area contributed by atoms with Crippen molar-refractivity contribution < 1.29 is 9.59 Å². The van der Waals surface area contributed by atoms with Crippen LogP contribution in [0.15, 0.2) is 0 Å². The van der Waals surface area contributed by atoms with Crippen LogP contribution in [-0.4, -0.2) is 36.3 Å². The summed E-state index contributed by atoms with van der Waals surface area (Å²) in [6.45, 7) is 2.43. The number of carbonyl (C=O) groups is 2. The molecule has 1 unspecified atom stereocenters. The van der Waals surface area contributed by atoms with Crippen molar-refractivity contribution in [1.82, 2.24) is 10.2 Å². The zero-order valence-electron chi connectivity index (χ0n) is 9.71. The van der Waals surface area contributed by atoms with E-state index in [0.717, 1.165) is 32.4 Å². The van der Waals surface area contributed by atoms with Gasteiger partial charge in [-0.2, -0.15) is 0 Å². The van der Waals surface area contributed by atoms with Crippen molar-refractivity contribution >= 4 is 11.8 Å². The largest absolute Gasteiger partial charge is 0.356 e. The van der Waals surface area contributed by atoms with Crippen molar-refractivity contribution in [2.75, 3.05) is 19.6 Å². The van der Waals surface area contributed by atoms with E-state index in [-0.39, 0.29) is 17.7 Å². The molecular formula is C12H20N2O2. The molecule has 0 radical (unpaired) electrons. The summed E-state index contributed by atoms with van der Waals surface area (Å²) in [4.78, 5) is 25.4. The lowest BCUT2D eigenvalue weighted by molar-refractivity contribution is -0.140. The second kappa shape index (κ2) is 5.32. The lowest BCUT2D eigenvalue weighted by Crippen LogP contribution is -2.43. The van der Waals surface area contributed by atoms with Gasteiger partial charge in [-0.1, -0.05) is 12.8 Å². The molecule has 0 aromatic carbocycles. The number of hydrogen-bond donors (Lipinski definition) is 1. The van der Waals surface area contributed by atoms with E-state index in [1.807, 2.05) is 4.90 Å². The first-order valence-corrected chi connectivity index (χ1v) is 6.33. The summed E-state index contributed by atoms with van der Waals surface area (Å²) in [7, 11) is 0. The van der Waals surface area contributed by atoms with Crippen LogP contribution in [0.4, 0.5) is 0 Å². The maximum absolute atomic E-state index is 12.2. The van der Waals surface area contributed by atoms with Crippen molar-refractivity contribution in [2.45, 2.75) is 38.5 Å². The molecule has 2 fully saturated rings. The number of amides is 2. The Balaban J connectivity index is 1.91. The third kappa shape index (κ3) is 2.74. The number of piperidine rings is 1. The summed E-state index contributed by atoms with van der Waals surface area (Å²) < 4.78 is 0. The quantitative estimate of drug-likeness (QED) is 0.720. The smallest absolute Gasteiger partial charge is 0.226 e. The van der Waals surface area contributed by atoms with Crippen molar-refractivity contribution in [3.63, 3.8) is 0 Å². The van der Waals surface area contributed by atoms with Gasteiger partial charge >= 0.3 is 0 Å². The average Bonchev–Trinajstić information content (AvgIpc) is 2.56. The third-order valence-electron chi connectivity index (χ3n) is 3.51. The third-order valence-corrected chi connectivity index (χ3v) is 3.51. The van der Waals surface area contributed by atoms with Crippen molar-refractivity contribution in [3.8, 4) is 0 Å². The fourth-order valence-electron chi connectivity index (χ4n) is 2.54. The van der Waals surface area contributed by atoms with E-state index in [1.54, 1.807) is 0 Å². The SMILES string of the molecule is O=C1CC(C(=O)N2CCCCCC2)CCN1. The highest BCUT2D eigenvalue weighted by Crippen LogP contribution is 2.18.